The van der Waals surface area contributed by atoms with Crippen molar-refractivity contribution in [2.45, 2.75) is 0 Å². The Labute approximate surface area is 254 Å². The Hall–Kier alpha value is -5.86. The van der Waals surface area contributed by atoms with E-state index in [2.05, 4.69) is 151 Å². The molecule has 2 nitrogen and oxygen atoms in total. The molecule has 0 unspecified atom stereocenters. The van der Waals surface area contributed by atoms with E-state index in [0.717, 1.165) is 33.1 Å². The molecule has 0 N–H and O–H groups in total. The molecule has 2 heteroatoms. The lowest BCUT2D eigenvalue weighted by Crippen LogP contribution is -1.89. The quantitative estimate of drug-likeness (QED) is 0.202. The van der Waals surface area contributed by atoms with Gasteiger partial charge in [-0.15, -0.1) is 0 Å². The Balaban J connectivity index is 1.05. The third-order valence-corrected chi connectivity index (χ3v) is 8.91. The summed E-state index contributed by atoms with van der Waals surface area (Å²) in [4.78, 5) is 9.62. The average Bonchev–Trinajstić information content (AvgIpc) is 3.11. The van der Waals surface area contributed by atoms with E-state index in [1.807, 2.05) is 12.3 Å². The second kappa shape index (κ2) is 9.86. The summed E-state index contributed by atoms with van der Waals surface area (Å²) >= 11 is 0. The lowest BCUT2D eigenvalue weighted by atomic mass is 9.92. The fourth-order valence-electron chi connectivity index (χ4n) is 6.66. The molecule has 44 heavy (non-hydrogen) atoms. The monoisotopic (exact) mass is 558 g/mol. The van der Waals surface area contributed by atoms with E-state index in [0.29, 0.717) is 0 Å². The number of hydrogen-bond donors (Lipinski definition) is 0. The van der Waals surface area contributed by atoms with Crippen molar-refractivity contribution in [1.82, 2.24) is 9.97 Å². The summed E-state index contributed by atoms with van der Waals surface area (Å²) in [6, 6.07) is 54.5. The largest absolute Gasteiger partial charge is 0.254 e. The Bertz CT molecular complexity index is 2490. The molecule has 0 saturated heterocycles. The number of benzene rings is 7. The molecule has 7 aromatic carbocycles. The van der Waals surface area contributed by atoms with Crippen LogP contribution in [0.1, 0.15) is 0 Å². The minimum Gasteiger partial charge on any atom is -0.254 e. The van der Waals surface area contributed by atoms with Gasteiger partial charge in [0.05, 0.1) is 16.7 Å². The molecule has 0 aliphatic carbocycles. The van der Waals surface area contributed by atoms with Gasteiger partial charge in [0.25, 0.3) is 0 Å². The van der Waals surface area contributed by atoms with Gasteiger partial charge in [-0.3, -0.25) is 4.98 Å². The molecular weight excluding hydrogens is 532 g/mol. The van der Waals surface area contributed by atoms with Crippen molar-refractivity contribution in [1.29, 1.82) is 0 Å². The number of pyridine rings is 2. The number of nitrogens with zero attached hydrogens (tertiary/aromatic N) is 2. The van der Waals surface area contributed by atoms with Crippen molar-refractivity contribution in [2.75, 3.05) is 0 Å². The SMILES string of the molecule is c1cnc2c(c1)ccc1ccc(-c3ccc(-c4ccc(-c5ccc6c7ccccc7c7ccccc7c6c5)cc4)cc3)nc12. The molecule has 0 saturated carbocycles. The Morgan fingerprint density at radius 2 is 0.795 bits per heavy atom. The highest BCUT2D eigenvalue weighted by Gasteiger charge is 2.10. The molecule has 0 aliphatic rings. The molecule has 9 rings (SSSR count). The van der Waals surface area contributed by atoms with E-state index < -0.39 is 0 Å². The minimum absolute atomic E-state index is 0.940. The summed E-state index contributed by atoms with van der Waals surface area (Å²) in [5.41, 5.74) is 8.75. The molecule has 2 heterocycles. The van der Waals surface area contributed by atoms with Crippen LogP contribution in [0.5, 0.6) is 0 Å². The van der Waals surface area contributed by atoms with E-state index in [9.17, 15) is 0 Å². The van der Waals surface area contributed by atoms with Crippen molar-refractivity contribution in [3.05, 3.63) is 158 Å². The summed E-state index contributed by atoms with van der Waals surface area (Å²) in [7, 11) is 0. The normalized spacial score (nSPS) is 11.6. The zero-order valence-corrected chi connectivity index (χ0v) is 23.9. The first-order valence-corrected chi connectivity index (χ1v) is 15.0. The van der Waals surface area contributed by atoms with Gasteiger partial charge in [-0.25, -0.2) is 4.98 Å². The molecule has 0 fully saturated rings. The second-order valence-corrected chi connectivity index (χ2v) is 11.4. The minimum atomic E-state index is 0.940. The summed E-state index contributed by atoms with van der Waals surface area (Å²) in [5, 5.41) is 10.0. The standard InChI is InChI=1S/C42H26N2/c1-2-9-36-34(7-1)35-8-3-4-10-37(35)39-26-33(21-23-38(36)39)29-13-11-27(12-14-29)28-15-17-30(18-16-28)40-24-22-32-20-19-31-6-5-25-43-41(31)42(32)44-40/h1-26H. The molecule has 204 valence electrons. The molecule has 0 aliphatic heterocycles. The van der Waals surface area contributed by atoms with Crippen LogP contribution in [0.2, 0.25) is 0 Å². The zero-order valence-electron chi connectivity index (χ0n) is 23.9. The molecular formula is C42H26N2. The molecule has 0 atom stereocenters. The van der Waals surface area contributed by atoms with Crippen molar-refractivity contribution in [3.63, 3.8) is 0 Å². The maximum absolute atomic E-state index is 5.02. The predicted octanol–water partition coefficient (Wildman–Crippen LogP) is 11.2. The highest BCUT2D eigenvalue weighted by atomic mass is 14.7. The van der Waals surface area contributed by atoms with Crippen LogP contribution >= 0.6 is 0 Å². The maximum Gasteiger partial charge on any atom is 0.0972 e. The number of fused-ring (bicyclic) bond motifs is 9. The van der Waals surface area contributed by atoms with Crippen molar-refractivity contribution < 1.29 is 0 Å². The van der Waals surface area contributed by atoms with Crippen LogP contribution in [0, 0.1) is 0 Å². The molecule has 0 spiro atoms. The molecule has 2 aromatic heterocycles. The first-order chi connectivity index (χ1) is 21.8. The van der Waals surface area contributed by atoms with Crippen LogP contribution in [0.25, 0.3) is 87.6 Å². The van der Waals surface area contributed by atoms with Gasteiger partial charge in [0.15, 0.2) is 0 Å². The van der Waals surface area contributed by atoms with Crippen molar-refractivity contribution >= 4 is 54.1 Å². The molecule has 0 radical (unpaired) electrons. The maximum atomic E-state index is 5.02. The van der Waals surface area contributed by atoms with Gasteiger partial charge >= 0.3 is 0 Å². The van der Waals surface area contributed by atoms with E-state index in [1.54, 1.807) is 0 Å². The highest BCUT2D eigenvalue weighted by Crippen LogP contribution is 2.37. The van der Waals surface area contributed by atoms with Gasteiger partial charge in [0.1, 0.15) is 0 Å². The predicted molar refractivity (Wildman–Crippen MR) is 186 cm³/mol. The highest BCUT2D eigenvalue weighted by molar-refractivity contribution is 6.25. The van der Waals surface area contributed by atoms with Crippen LogP contribution in [0.3, 0.4) is 0 Å². The summed E-state index contributed by atoms with van der Waals surface area (Å²) in [5.74, 6) is 0. The van der Waals surface area contributed by atoms with E-state index >= 15 is 0 Å². The average molecular weight is 559 g/mol. The van der Waals surface area contributed by atoms with Gasteiger partial charge in [-0.05, 0) is 72.8 Å². The fourth-order valence-corrected chi connectivity index (χ4v) is 6.66. The van der Waals surface area contributed by atoms with Gasteiger partial charge in [-0.2, -0.15) is 0 Å². The lowest BCUT2D eigenvalue weighted by molar-refractivity contribution is 1.37. The molecule has 0 amide bonds. The van der Waals surface area contributed by atoms with Crippen molar-refractivity contribution in [2.24, 2.45) is 0 Å². The third-order valence-electron chi connectivity index (χ3n) is 8.91. The van der Waals surface area contributed by atoms with Crippen molar-refractivity contribution in [3.8, 4) is 33.5 Å². The first-order valence-electron chi connectivity index (χ1n) is 15.0. The van der Waals surface area contributed by atoms with Gasteiger partial charge in [0, 0.05) is 22.5 Å². The first kappa shape index (κ1) is 24.7. The third kappa shape index (κ3) is 3.96. The zero-order chi connectivity index (χ0) is 29.0. The lowest BCUT2D eigenvalue weighted by Gasteiger charge is -2.12. The van der Waals surface area contributed by atoms with Gasteiger partial charge in [-0.1, -0.05) is 133 Å². The number of aromatic nitrogens is 2. The van der Waals surface area contributed by atoms with E-state index in [1.165, 1.54) is 54.6 Å². The number of hydrogen-bond acceptors (Lipinski definition) is 2. The van der Waals surface area contributed by atoms with Crippen LogP contribution in [0.4, 0.5) is 0 Å². The van der Waals surface area contributed by atoms with Crippen LogP contribution in [-0.2, 0) is 0 Å². The van der Waals surface area contributed by atoms with Gasteiger partial charge in [0.2, 0.25) is 0 Å². The molecule has 0 bridgehead atoms. The van der Waals surface area contributed by atoms with E-state index in [4.69, 9.17) is 4.98 Å². The summed E-state index contributed by atoms with van der Waals surface area (Å²) in [6.45, 7) is 0. The van der Waals surface area contributed by atoms with Crippen LogP contribution < -0.4 is 0 Å². The molecule has 9 aromatic rings. The van der Waals surface area contributed by atoms with E-state index in [-0.39, 0.29) is 0 Å². The van der Waals surface area contributed by atoms with Gasteiger partial charge < -0.3 is 0 Å². The van der Waals surface area contributed by atoms with Crippen LogP contribution in [-0.4, -0.2) is 9.97 Å². The second-order valence-electron chi connectivity index (χ2n) is 11.4. The Kier molecular flexibility index (Phi) is 5.54. The fraction of sp³-hybridized carbons (Fsp3) is 0. The summed E-state index contributed by atoms with van der Waals surface area (Å²) < 4.78 is 0. The number of rotatable bonds is 3. The smallest absolute Gasteiger partial charge is 0.0972 e. The topological polar surface area (TPSA) is 25.8 Å². The Morgan fingerprint density at radius 3 is 1.43 bits per heavy atom. The summed E-state index contributed by atoms with van der Waals surface area (Å²) in [6.07, 6.45) is 1.83. The van der Waals surface area contributed by atoms with Crippen LogP contribution in [0.15, 0.2) is 158 Å². The Morgan fingerprint density at radius 1 is 0.318 bits per heavy atom.